The second-order valence-corrected chi connectivity index (χ2v) is 4.95. The van der Waals surface area contributed by atoms with E-state index in [2.05, 4.69) is 20.9 Å². The number of methoxy groups -OCH3 is 1. The second kappa shape index (κ2) is 5.43. The zero-order valence-corrected chi connectivity index (χ0v) is 12.4. The number of carbonyl (C=O) groups is 1. The Kier molecular flexibility index (Phi) is 4.10. The molecule has 0 saturated heterocycles. The number of alkyl halides is 1. The minimum absolute atomic E-state index is 0.138. The van der Waals surface area contributed by atoms with Crippen molar-refractivity contribution in [3.63, 3.8) is 0 Å². The predicted octanol–water partition coefficient (Wildman–Crippen LogP) is 4.13. The molecule has 0 amide bonds. The van der Waals surface area contributed by atoms with Crippen LogP contribution in [0.15, 0.2) is 18.2 Å². The molecule has 0 unspecified atom stereocenters. The van der Waals surface area contributed by atoms with Crippen molar-refractivity contribution in [3.8, 4) is 5.75 Å². The lowest BCUT2D eigenvalue weighted by molar-refractivity contribution is 0.101. The number of fused-ring (bicyclic) bond motifs is 1. The fraction of sp³-hybridized carbons (Fsp3) is 0.167. The van der Waals surface area contributed by atoms with E-state index in [1.165, 1.54) is 7.11 Å². The largest absolute Gasteiger partial charge is 0.496 e. The Morgan fingerprint density at radius 2 is 2.11 bits per heavy atom. The molecule has 3 nitrogen and oxygen atoms in total. The lowest BCUT2D eigenvalue weighted by atomic mass is 10.1. The number of benzene rings is 1. The summed E-state index contributed by atoms with van der Waals surface area (Å²) >= 11 is 15.1. The van der Waals surface area contributed by atoms with E-state index in [0.29, 0.717) is 32.4 Å². The first-order valence-electron chi connectivity index (χ1n) is 4.99. The molecule has 94 valence electrons. The van der Waals surface area contributed by atoms with Gasteiger partial charge in [-0.05, 0) is 12.1 Å². The number of Topliss-reactive ketones (excluding diaryl/α,β-unsaturated/α-hetero) is 1. The van der Waals surface area contributed by atoms with Crippen LogP contribution in [0.25, 0.3) is 10.9 Å². The third kappa shape index (κ3) is 2.46. The number of hydrogen-bond donors (Lipinski definition) is 0. The van der Waals surface area contributed by atoms with E-state index >= 15 is 0 Å². The molecular formula is C12H8BrCl2NO2. The van der Waals surface area contributed by atoms with Crippen LogP contribution in [0.2, 0.25) is 10.0 Å². The second-order valence-electron chi connectivity index (χ2n) is 3.55. The van der Waals surface area contributed by atoms with Gasteiger partial charge in [0.15, 0.2) is 5.78 Å². The highest BCUT2D eigenvalue weighted by Gasteiger charge is 2.14. The Labute approximate surface area is 122 Å². The van der Waals surface area contributed by atoms with Gasteiger partial charge in [-0.3, -0.25) is 4.79 Å². The van der Waals surface area contributed by atoms with E-state index in [0.717, 1.165) is 0 Å². The molecule has 1 aromatic heterocycles. The molecule has 2 rings (SSSR count). The number of halogens is 3. The van der Waals surface area contributed by atoms with E-state index in [-0.39, 0.29) is 11.1 Å². The van der Waals surface area contributed by atoms with Crippen LogP contribution in [0.1, 0.15) is 10.5 Å². The fourth-order valence-electron chi connectivity index (χ4n) is 1.60. The summed E-state index contributed by atoms with van der Waals surface area (Å²) in [4.78, 5) is 15.9. The number of aromatic nitrogens is 1. The van der Waals surface area contributed by atoms with Gasteiger partial charge in [-0.1, -0.05) is 39.1 Å². The number of rotatable bonds is 3. The monoisotopic (exact) mass is 347 g/mol. The Balaban J connectivity index is 2.79. The van der Waals surface area contributed by atoms with Crippen LogP contribution in [0, 0.1) is 0 Å². The quantitative estimate of drug-likeness (QED) is 0.618. The van der Waals surface area contributed by atoms with Crippen LogP contribution >= 0.6 is 39.1 Å². The van der Waals surface area contributed by atoms with Gasteiger partial charge in [0.2, 0.25) is 0 Å². The first-order chi connectivity index (χ1) is 8.56. The summed E-state index contributed by atoms with van der Waals surface area (Å²) in [5.74, 6) is 0.384. The fourth-order valence-corrected chi connectivity index (χ4v) is 2.43. The molecule has 0 spiro atoms. The molecule has 0 aliphatic carbocycles. The maximum absolute atomic E-state index is 11.7. The highest BCUT2D eigenvalue weighted by Crippen LogP contribution is 2.33. The van der Waals surface area contributed by atoms with E-state index in [1.54, 1.807) is 18.2 Å². The third-order valence-electron chi connectivity index (χ3n) is 2.42. The smallest absolute Gasteiger partial charge is 0.191 e. The van der Waals surface area contributed by atoms with Gasteiger partial charge in [0.25, 0.3) is 0 Å². The van der Waals surface area contributed by atoms with Crippen LogP contribution in [0.5, 0.6) is 5.75 Å². The zero-order valence-electron chi connectivity index (χ0n) is 9.34. The molecule has 1 aromatic carbocycles. The van der Waals surface area contributed by atoms with Gasteiger partial charge in [0.1, 0.15) is 11.4 Å². The molecule has 2 aromatic rings. The standard InChI is InChI=1S/C12H8BrCl2NO2/c1-18-11-4-9(10(17)5-13)16-12-7(11)2-6(14)3-8(12)15/h2-4H,5H2,1H3. The number of hydrogen-bond acceptors (Lipinski definition) is 3. The first-order valence-corrected chi connectivity index (χ1v) is 6.87. The molecule has 6 heteroatoms. The highest BCUT2D eigenvalue weighted by atomic mass is 79.9. The van der Waals surface area contributed by atoms with Crippen molar-refractivity contribution in [1.82, 2.24) is 4.98 Å². The van der Waals surface area contributed by atoms with Gasteiger partial charge in [0, 0.05) is 16.5 Å². The summed E-state index contributed by atoms with van der Waals surface area (Å²) in [6.45, 7) is 0. The topological polar surface area (TPSA) is 39.2 Å². The maximum Gasteiger partial charge on any atom is 0.191 e. The Hall–Kier alpha value is -0.840. The minimum Gasteiger partial charge on any atom is -0.496 e. The lowest BCUT2D eigenvalue weighted by Crippen LogP contribution is -2.04. The van der Waals surface area contributed by atoms with Gasteiger partial charge in [-0.2, -0.15) is 0 Å². The molecule has 0 saturated carbocycles. The van der Waals surface area contributed by atoms with Gasteiger partial charge in [-0.25, -0.2) is 4.98 Å². The van der Waals surface area contributed by atoms with E-state index in [9.17, 15) is 4.79 Å². The first kappa shape index (κ1) is 13.6. The average Bonchev–Trinajstić information content (AvgIpc) is 2.36. The average molecular weight is 349 g/mol. The van der Waals surface area contributed by atoms with Gasteiger partial charge >= 0.3 is 0 Å². The minimum atomic E-state index is -0.138. The number of nitrogens with zero attached hydrogens (tertiary/aromatic N) is 1. The van der Waals surface area contributed by atoms with Crippen molar-refractivity contribution in [3.05, 3.63) is 33.9 Å². The molecule has 18 heavy (non-hydrogen) atoms. The van der Waals surface area contributed by atoms with E-state index in [1.807, 2.05) is 0 Å². The number of carbonyl (C=O) groups excluding carboxylic acids is 1. The molecular weight excluding hydrogens is 341 g/mol. The summed E-state index contributed by atoms with van der Waals surface area (Å²) in [6, 6.07) is 4.87. The van der Waals surface area contributed by atoms with Crippen LogP contribution < -0.4 is 4.74 Å². The van der Waals surface area contributed by atoms with E-state index in [4.69, 9.17) is 27.9 Å². The summed E-state index contributed by atoms with van der Waals surface area (Å²) in [5, 5.41) is 1.76. The van der Waals surface area contributed by atoms with Crippen molar-refractivity contribution < 1.29 is 9.53 Å². The van der Waals surface area contributed by atoms with Crippen molar-refractivity contribution >= 4 is 55.8 Å². The molecule has 0 aliphatic heterocycles. The molecule has 0 bridgehead atoms. The van der Waals surface area contributed by atoms with Crippen molar-refractivity contribution in [2.45, 2.75) is 0 Å². The van der Waals surface area contributed by atoms with Crippen molar-refractivity contribution in [2.75, 3.05) is 12.4 Å². The van der Waals surface area contributed by atoms with Gasteiger partial charge < -0.3 is 4.74 Å². The molecule has 0 atom stereocenters. The third-order valence-corrected chi connectivity index (χ3v) is 3.44. The van der Waals surface area contributed by atoms with Crippen molar-refractivity contribution in [1.29, 1.82) is 0 Å². The zero-order chi connectivity index (χ0) is 13.3. The number of ether oxygens (including phenoxy) is 1. The molecule has 0 N–H and O–H groups in total. The Morgan fingerprint density at radius 1 is 1.39 bits per heavy atom. The van der Waals surface area contributed by atoms with Gasteiger partial charge in [0.05, 0.1) is 23.0 Å². The summed E-state index contributed by atoms with van der Waals surface area (Å²) in [7, 11) is 1.52. The molecule has 0 fully saturated rings. The van der Waals surface area contributed by atoms with Crippen molar-refractivity contribution in [2.24, 2.45) is 0 Å². The molecule has 0 radical (unpaired) electrons. The number of pyridine rings is 1. The summed E-state index contributed by atoms with van der Waals surface area (Å²) in [5.41, 5.74) is 0.810. The SMILES string of the molecule is COc1cc(C(=O)CBr)nc2c(Cl)cc(Cl)cc12. The molecule has 0 aliphatic rings. The van der Waals surface area contributed by atoms with Crippen LogP contribution in [-0.4, -0.2) is 23.2 Å². The highest BCUT2D eigenvalue weighted by molar-refractivity contribution is 9.09. The number of ketones is 1. The Bertz CT molecular complexity index is 631. The van der Waals surface area contributed by atoms with E-state index < -0.39 is 0 Å². The Morgan fingerprint density at radius 3 is 2.72 bits per heavy atom. The maximum atomic E-state index is 11.7. The summed E-state index contributed by atoms with van der Waals surface area (Å²) < 4.78 is 5.25. The normalized spacial score (nSPS) is 10.7. The lowest BCUT2D eigenvalue weighted by Gasteiger charge is -2.09. The van der Waals surface area contributed by atoms with Gasteiger partial charge in [-0.15, -0.1) is 0 Å². The summed E-state index contributed by atoms with van der Waals surface area (Å²) in [6.07, 6.45) is 0. The predicted molar refractivity (Wildman–Crippen MR) is 76.4 cm³/mol. The van der Waals surface area contributed by atoms with Crippen LogP contribution in [0.3, 0.4) is 0 Å². The molecule has 1 heterocycles. The van der Waals surface area contributed by atoms with Crippen LogP contribution in [0.4, 0.5) is 0 Å². The van der Waals surface area contributed by atoms with Crippen LogP contribution in [-0.2, 0) is 0 Å².